The molecule has 0 saturated heterocycles. The van der Waals surface area contributed by atoms with Crippen molar-refractivity contribution in [3.63, 3.8) is 0 Å². The average molecular weight is 323 g/mol. The van der Waals surface area contributed by atoms with Gasteiger partial charge < -0.3 is 4.74 Å². The van der Waals surface area contributed by atoms with Crippen LogP contribution < -0.4 is 4.72 Å². The van der Waals surface area contributed by atoms with Crippen molar-refractivity contribution in [1.82, 2.24) is 0 Å². The molecule has 0 saturated carbocycles. The molecular formula is C14H13NO4S2. The maximum atomic E-state index is 12.0. The van der Waals surface area contributed by atoms with Gasteiger partial charge in [0.1, 0.15) is 4.88 Å². The smallest absolute Gasteiger partial charge is 0.350 e. The number of methoxy groups -OCH3 is 1. The summed E-state index contributed by atoms with van der Waals surface area (Å²) in [5.41, 5.74) is 0.978. The SMILES string of the molecule is COC(=O)c1sccc1NS(=O)(=O)/C=C/c1ccccc1. The fraction of sp³-hybridized carbons (Fsp3) is 0.0714. The molecule has 0 radical (unpaired) electrons. The van der Waals surface area contributed by atoms with Crippen LogP contribution in [0.3, 0.4) is 0 Å². The molecule has 2 aromatic rings. The number of thiophene rings is 1. The van der Waals surface area contributed by atoms with E-state index in [1.54, 1.807) is 17.5 Å². The van der Waals surface area contributed by atoms with E-state index in [9.17, 15) is 13.2 Å². The highest BCUT2D eigenvalue weighted by atomic mass is 32.2. The van der Waals surface area contributed by atoms with E-state index >= 15 is 0 Å². The molecular weight excluding hydrogens is 310 g/mol. The van der Waals surface area contributed by atoms with Gasteiger partial charge in [0.25, 0.3) is 10.0 Å². The molecule has 0 bridgehead atoms. The first-order valence-corrected chi connectivity index (χ1v) is 8.36. The van der Waals surface area contributed by atoms with Gasteiger partial charge in [-0.1, -0.05) is 30.3 Å². The van der Waals surface area contributed by atoms with Crippen LogP contribution in [0.2, 0.25) is 0 Å². The molecule has 0 fully saturated rings. The number of esters is 1. The lowest BCUT2D eigenvalue weighted by atomic mass is 10.2. The lowest BCUT2D eigenvalue weighted by Gasteiger charge is -2.04. The van der Waals surface area contributed by atoms with E-state index in [0.717, 1.165) is 22.3 Å². The molecule has 2 rings (SSSR count). The summed E-state index contributed by atoms with van der Waals surface area (Å²) in [6.07, 6.45) is 1.48. The molecule has 7 heteroatoms. The molecule has 0 aliphatic carbocycles. The summed E-state index contributed by atoms with van der Waals surface area (Å²) in [7, 11) is -2.45. The lowest BCUT2D eigenvalue weighted by molar-refractivity contribution is 0.0607. The van der Waals surface area contributed by atoms with E-state index < -0.39 is 16.0 Å². The summed E-state index contributed by atoms with van der Waals surface area (Å²) in [6, 6.07) is 10.6. The highest BCUT2D eigenvalue weighted by Gasteiger charge is 2.16. The van der Waals surface area contributed by atoms with E-state index in [4.69, 9.17) is 0 Å². The maximum Gasteiger partial charge on any atom is 0.350 e. The number of sulfonamides is 1. The summed E-state index contributed by atoms with van der Waals surface area (Å²) in [4.78, 5) is 11.7. The summed E-state index contributed by atoms with van der Waals surface area (Å²) in [5, 5.41) is 2.67. The Balaban J connectivity index is 2.17. The van der Waals surface area contributed by atoms with Gasteiger partial charge in [0.15, 0.2) is 0 Å². The van der Waals surface area contributed by atoms with Crippen molar-refractivity contribution < 1.29 is 17.9 Å². The second-order valence-corrected chi connectivity index (χ2v) is 6.50. The third-order valence-corrected chi connectivity index (χ3v) is 4.42. The number of rotatable bonds is 5. The molecule has 1 N–H and O–H groups in total. The Morgan fingerprint density at radius 1 is 1.24 bits per heavy atom. The largest absolute Gasteiger partial charge is 0.465 e. The van der Waals surface area contributed by atoms with Crippen LogP contribution in [-0.4, -0.2) is 21.5 Å². The number of hydrogen-bond acceptors (Lipinski definition) is 5. The zero-order valence-corrected chi connectivity index (χ0v) is 12.8. The normalized spacial score (nSPS) is 11.5. The Hall–Kier alpha value is -2.12. The first-order valence-electron chi connectivity index (χ1n) is 5.93. The first kappa shape index (κ1) is 15.3. The van der Waals surface area contributed by atoms with Crippen LogP contribution in [0, 0.1) is 0 Å². The van der Waals surface area contributed by atoms with Gasteiger partial charge in [-0.05, 0) is 23.1 Å². The van der Waals surface area contributed by atoms with Crippen LogP contribution in [0.4, 0.5) is 5.69 Å². The quantitative estimate of drug-likeness (QED) is 0.859. The second-order valence-electron chi connectivity index (χ2n) is 4.02. The Morgan fingerprint density at radius 2 is 1.95 bits per heavy atom. The van der Waals surface area contributed by atoms with E-state index in [2.05, 4.69) is 9.46 Å². The number of benzene rings is 1. The molecule has 21 heavy (non-hydrogen) atoms. The standard InChI is InChI=1S/C14H13NO4S2/c1-19-14(16)13-12(7-9-20-13)15-21(17,18)10-8-11-5-3-2-4-6-11/h2-10,15H,1H3/b10-8+. The molecule has 0 aliphatic rings. The van der Waals surface area contributed by atoms with Crippen molar-refractivity contribution in [2.75, 3.05) is 11.8 Å². The van der Waals surface area contributed by atoms with Crippen molar-refractivity contribution in [2.45, 2.75) is 0 Å². The molecule has 1 aromatic carbocycles. The second kappa shape index (κ2) is 6.55. The summed E-state index contributed by atoms with van der Waals surface area (Å²) in [6.45, 7) is 0. The molecule has 0 atom stereocenters. The summed E-state index contributed by atoms with van der Waals surface area (Å²) >= 11 is 1.11. The molecule has 0 spiro atoms. The van der Waals surface area contributed by atoms with E-state index in [0.29, 0.717) is 0 Å². The van der Waals surface area contributed by atoms with Crippen LogP contribution >= 0.6 is 11.3 Å². The van der Waals surface area contributed by atoms with Gasteiger partial charge >= 0.3 is 5.97 Å². The maximum absolute atomic E-state index is 12.0. The van der Waals surface area contributed by atoms with Crippen LogP contribution in [0.15, 0.2) is 47.2 Å². The fourth-order valence-corrected chi connectivity index (χ4v) is 3.27. The topological polar surface area (TPSA) is 72.5 Å². The van der Waals surface area contributed by atoms with E-state index in [-0.39, 0.29) is 10.6 Å². The zero-order valence-electron chi connectivity index (χ0n) is 11.1. The van der Waals surface area contributed by atoms with Crippen LogP contribution in [0.1, 0.15) is 15.2 Å². The summed E-state index contributed by atoms with van der Waals surface area (Å²) in [5.74, 6) is -0.574. The third-order valence-electron chi connectivity index (χ3n) is 2.53. The molecule has 1 aromatic heterocycles. The van der Waals surface area contributed by atoms with Gasteiger partial charge in [-0.3, -0.25) is 4.72 Å². The summed E-state index contributed by atoms with van der Waals surface area (Å²) < 4.78 is 30.9. The van der Waals surface area contributed by atoms with Gasteiger partial charge in [-0.2, -0.15) is 0 Å². The van der Waals surface area contributed by atoms with Crippen molar-refractivity contribution in [2.24, 2.45) is 0 Å². The Morgan fingerprint density at radius 3 is 2.62 bits per heavy atom. The lowest BCUT2D eigenvalue weighted by Crippen LogP contribution is -2.11. The van der Waals surface area contributed by atoms with Gasteiger partial charge in [-0.25, -0.2) is 13.2 Å². The number of nitrogens with one attached hydrogen (secondary N) is 1. The molecule has 0 unspecified atom stereocenters. The van der Waals surface area contributed by atoms with Crippen molar-refractivity contribution >= 4 is 39.1 Å². The highest BCUT2D eigenvalue weighted by Crippen LogP contribution is 2.24. The molecule has 0 amide bonds. The number of carbonyl (C=O) groups excluding carboxylic acids is 1. The van der Waals surface area contributed by atoms with Gasteiger partial charge in [-0.15, -0.1) is 11.3 Å². The minimum atomic E-state index is -3.70. The Kier molecular flexibility index (Phi) is 4.77. The number of carbonyl (C=O) groups is 1. The van der Waals surface area contributed by atoms with Crippen molar-refractivity contribution in [3.05, 3.63) is 57.6 Å². The number of anilines is 1. The van der Waals surface area contributed by atoms with E-state index in [1.807, 2.05) is 18.2 Å². The third kappa shape index (κ3) is 4.17. The Labute approximate surface area is 126 Å². The first-order chi connectivity index (χ1) is 10.0. The highest BCUT2D eigenvalue weighted by molar-refractivity contribution is 7.95. The predicted molar refractivity (Wildman–Crippen MR) is 83.7 cm³/mol. The van der Waals surface area contributed by atoms with Crippen LogP contribution in [0.5, 0.6) is 0 Å². The number of ether oxygens (including phenoxy) is 1. The molecule has 0 aliphatic heterocycles. The van der Waals surface area contributed by atoms with Crippen LogP contribution in [-0.2, 0) is 14.8 Å². The molecule has 5 nitrogen and oxygen atoms in total. The average Bonchev–Trinajstić information content (AvgIpc) is 2.93. The number of hydrogen-bond donors (Lipinski definition) is 1. The van der Waals surface area contributed by atoms with Crippen molar-refractivity contribution in [1.29, 1.82) is 0 Å². The van der Waals surface area contributed by atoms with Crippen molar-refractivity contribution in [3.8, 4) is 0 Å². The predicted octanol–water partition coefficient (Wildman–Crippen LogP) is 2.95. The minimum absolute atomic E-state index is 0.213. The molecule has 110 valence electrons. The fourth-order valence-electron chi connectivity index (χ4n) is 1.56. The van der Waals surface area contributed by atoms with Gasteiger partial charge in [0.2, 0.25) is 0 Å². The molecule has 1 heterocycles. The van der Waals surface area contributed by atoms with Crippen LogP contribution in [0.25, 0.3) is 6.08 Å². The minimum Gasteiger partial charge on any atom is -0.465 e. The zero-order chi connectivity index (χ0) is 15.3. The van der Waals surface area contributed by atoms with Gasteiger partial charge in [0.05, 0.1) is 18.2 Å². The van der Waals surface area contributed by atoms with E-state index in [1.165, 1.54) is 19.3 Å². The monoisotopic (exact) mass is 323 g/mol. The van der Waals surface area contributed by atoms with Gasteiger partial charge in [0, 0.05) is 0 Å². The Bertz CT molecular complexity index is 748.